The third-order valence-corrected chi connectivity index (χ3v) is 1.54. The van der Waals surface area contributed by atoms with Gasteiger partial charge in [-0.1, -0.05) is 0 Å². The summed E-state index contributed by atoms with van der Waals surface area (Å²) in [6, 6.07) is 2.97. The van der Waals surface area contributed by atoms with Crippen LogP contribution in [0.5, 0.6) is 5.75 Å². The molecule has 0 unspecified atom stereocenters. The largest absolute Gasteiger partial charge is 0.423 e. The van der Waals surface area contributed by atoms with E-state index in [1.165, 1.54) is 18.3 Å². The summed E-state index contributed by atoms with van der Waals surface area (Å²) >= 11 is 0. The van der Waals surface area contributed by atoms with E-state index < -0.39 is 5.97 Å². The lowest BCUT2D eigenvalue weighted by Crippen LogP contribution is -2.15. The summed E-state index contributed by atoms with van der Waals surface area (Å²) in [5.41, 5.74) is 0.291. The minimum Gasteiger partial charge on any atom is -0.423 e. The van der Waals surface area contributed by atoms with E-state index in [0.717, 1.165) is 0 Å². The van der Waals surface area contributed by atoms with E-state index in [-0.39, 0.29) is 6.61 Å². The molecule has 0 bridgehead atoms. The molecule has 0 aliphatic carbocycles. The SMILES string of the molecule is CCOCC(=O)Oc1ccc(C=O)nc1. The summed E-state index contributed by atoms with van der Waals surface area (Å²) in [7, 11) is 0. The monoisotopic (exact) mass is 209 g/mol. The van der Waals surface area contributed by atoms with Gasteiger partial charge in [0.25, 0.3) is 0 Å². The maximum absolute atomic E-state index is 11.1. The minimum atomic E-state index is -0.488. The predicted octanol–water partition coefficient (Wildman–Crippen LogP) is 0.836. The number of aromatic nitrogens is 1. The highest BCUT2D eigenvalue weighted by Crippen LogP contribution is 2.08. The van der Waals surface area contributed by atoms with E-state index in [9.17, 15) is 9.59 Å². The topological polar surface area (TPSA) is 65.5 Å². The summed E-state index contributed by atoms with van der Waals surface area (Å²) in [6.45, 7) is 2.15. The first-order chi connectivity index (χ1) is 7.26. The quantitative estimate of drug-likeness (QED) is 0.531. The molecule has 0 fully saturated rings. The van der Waals surface area contributed by atoms with E-state index in [4.69, 9.17) is 9.47 Å². The maximum atomic E-state index is 11.1. The highest BCUT2D eigenvalue weighted by Gasteiger charge is 2.04. The molecule has 0 radical (unpaired) electrons. The molecule has 0 amide bonds. The van der Waals surface area contributed by atoms with Crippen molar-refractivity contribution in [3.8, 4) is 5.75 Å². The zero-order valence-corrected chi connectivity index (χ0v) is 8.30. The van der Waals surface area contributed by atoms with Crippen LogP contribution in [0, 0.1) is 0 Å². The lowest BCUT2D eigenvalue weighted by molar-refractivity contribution is -0.139. The van der Waals surface area contributed by atoms with Crippen molar-refractivity contribution < 1.29 is 19.1 Å². The molecule has 5 nitrogen and oxygen atoms in total. The van der Waals surface area contributed by atoms with Crippen LogP contribution in [0.25, 0.3) is 0 Å². The highest BCUT2D eigenvalue weighted by molar-refractivity contribution is 5.74. The first-order valence-corrected chi connectivity index (χ1v) is 4.46. The number of nitrogens with zero attached hydrogens (tertiary/aromatic N) is 1. The van der Waals surface area contributed by atoms with Crippen molar-refractivity contribution in [3.63, 3.8) is 0 Å². The van der Waals surface area contributed by atoms with Gasteiger partial charge in [-0.05, 0) is 19.1 Å². The number of carbonyl (C=O) groups is 2. The molecule has 0 aliphatic rings. The molecule has 5 heteroatoms. The summed E-state index contributed by atoms with van der Waals surface area (Å²) in [5, 5.41) is 0. The molecule has 0 saturated carbocycles. The number of hydrogen-bond acceptors (Lipinski definition) is 5. The van der Waals surface area contributed by atoms with E-state index in [0.29, 0.717) is 24.3 Å². The Labute approximate surface area is 87.0 Å². The van der Waals surface area contributed by atoms with Gasteiger partial charge in [0.2, 0.25) is 0 Å². The predicted molar refractivity (Wildman–Crippen MR) is 51.8 cm³/mol. The van der Waals surface area contributed by atoms with E-state index in [2.05, 4.69) is 4.98 Å². The maximum Gasteiger partial charge on any atom is 0.337 e. The number of carbonyl (C=O) groups excluding carboxylic acids is 2. The van der Waals surface area contributed by atoms with Gasteiger partial charge in [0.1, 0.15) is 18.1 Å². The fourth-order valence-corrected chi connectivity index (χ4v) is 0.868. The van der Waals surface area contributed by atoms with Gasteiger partial charge in [0.05, 0.1) is 6.20 Å². The van der Waals surface area contributed by atoms with Gasteiger partial charge in [0, 0.05) is 6.61 Å². The Morgan fingerprint density at radius 1 is 1.53 bits per heavy atom. The average Bonchev–Trinajstić information content (AvgIpc) is 2.27. The zero-order valence-electron chi connectivity index (χ0n) is 8.30. The van der Waals surface area contributed by atoms with Crippen molar-refractivity contribution in [3.05, 3.63) is 24.0 Å². The second kappa shape index (κ2) is 5.87. The molecule has 0 aliphatic heterocycles. The van der Waals surface area contributed by atoms with Gasteiger partial charge in [-0.25, -0.2) is 9.78 Å². The number of aldehydes is 1. The summed E-state index contributed by atoms with van der Waals surface area (Å²) < 4.78 is 9.73. The van der Waals surface area contributed by atoms with Crippen molar-refractivity contribution >= 4 is 12.3 Å². The molecule has 0 aromatic carbocycles. The Hall–Kier alpha value is -1.75. The van der Waals surface area contributed by atoms with Gasteiger partial charge in [-0.3, -0.25) is 4.79 Å². The third kappa shape index (κ3) is 3.86. The second-order valence-electron chi connectivity index (χ2n) is 2.65. The Balaban J connectivity index is 2.49. The van der Waals surface area contributed by atoms with Gasteiger partial charge in [-0.2, -0.15) is 0 Å². The van der Waals surface area contributed by atoms with Crippen LogP contribution < -0.4 is 4.74 Å². The van der Waals surface area contributed by atoms with Crippen LogP contribution in [0.2, 0.25) is 0 Å². The molecular weight excluding hydrogens is 198 g/mol. The molecule has 1 rings (SSSR count). The lowest BCUT2D eigenvalue weighted by Gasteiger charge is -2.03. The first kappa shape index (κ1) is 11.3. The molecule has 0 saturated heterocycles. The molecule has 0 spiro atoms. The van der Waals surface area contributed by atoms with Crippen LogP contribution in [-0.2, 0) is 9.53 Å². The Morgan fingerprint density at radius 2 is 2.33 bits per heavy atom. The summed E-state index contributed by atoms with van der Waals surface area (Å²) in [6.07, 6.45) is 1.93. The van der Waals surface area contributed by atoms with E-state index >= 15 is 0 Å². The number of ether oxygens (including phenoxy) is 2. The van der Waals surface area contributed by atoms with Gasteiger partial charge < -0.3 is 9.47 Å². The molecule has 0 atom stereocenters. The summed E-state index contributed by atoms with van der Waals surface area (Å²) in [5.74, 6) is -0.192. The lowest BCUT2D eigenvalue weighted by atomic mass is 10.4. The standard InChI is InChI=1S/C10H11NO4/c1-2-14-7-10(13)15-9-4-3-8(6-12)11-5-9/h3-6H,2,7H2,1H3. The molecular formula is C10H11NO4. The van der Waals surface area contributed by atoms with E-state index in [1.807, 2.05) is 0 Å². The van der Waals surface area contributed by atoms with Crippen molar-refractivity contribution in [2.45, 2.75) is 6.92 Å². The Bertz CT molecular complexity index is 334. The number of pyridine rings is 1. The fourth-order valence-electron chi connectivity index (χ4n) is 0.868. The number of esters is 1. The van der Waals surface area contributed by atoms with Crippen molar-refractivity contribution in [2.24, 2.45) is 0 Å². The first-order valence-electron chi connectivity index (χ1n) is 4.46. The van der Waals surface area contributed by atoms with Crippen LogP contribution in [0.1, 0.15) is 17.4 Å². The third-order valence-electron chi connectivity index (χ3n) is 1.54. The smallest absolute Gasteiger partial charge is 0.337 e. The minimum absolute atomic E-state index is 0.0913. The van der Waals surface area contributed by atoms with Gasteiger partial charge >= 0.3 is 5.97 Å². The van der Waals surface area contributed by atoms with Gasteiger partial charge in [-0.15, -0.1) is 0 Å². The number of rotatable bonds is 5. The Morgan fingerprint density at radius 3 is 2.87 bits per heavy atom. The van der Waals surface area contributed by atoms with Crippen LogP contribution >= 0.6 is 0 Å². The average molecular weight is 209 g/mol. The molecule has 80 valence electrons. The van der Waals surface area contributed by atoms with Crippen molar-refractivity contribution in [1.82, 2.24) is 4.98 Å². The number of hydrogen-bond donors (Lipinski definition) is 0. The molecule has 1 aromatic rings. The van der Waals surface area contributed by atoms with Crippen LogP contribution in [0.15, 0.2) is 18.3 Å². The van der Waals surface area contributed by atoms with Crippen molar-refractivity contribution in [2.75, 3.05) is 13.2 Å². The van der Waals surface area contributed by atoms with Crippen LogP contribution in [-0.4, -0.2) is 30.5 Å². The molecule has 15 heavy (non-hydrogen) atoms. The second-order valence-corrected chi connectivity index (χ2v) is 2.65. The van der Waals surface area contributed by atoms with Crippen molar-refractivity contribution in [1.29, 1.82) is 0 Å². The van der Waals surface area contributed by atoms with Crippen LogP contribution in [0.4, 0.5) is 0 Å². The Kier molecular flexibility index (Phi) is 4.43. The fraction of sp³-hybridized carbons (Fsp3) is 0.300. The molecule has 1 heterocycles. The molecule has 1 aromatic heterocycles. The van der Waals surface area contributed by atoms with E-state index in [1.54, 1.807) is 6.92 Å². The molecule has 0 N–H and O–H groups in total. The zero-order chi connectivity index (χ0) is 11.1. The van der Waals surface area contributed by atoms with Gasteiger partial charge in [0.15, 0.2) is 6.29 Å². The summed E-state index contributed by atoms with van der Waals surface area (Å²) in [4.78, 5) is 25.1. The van der Waals surface area contributed by atoms with Crippen LogP contribution in [0.3, 0.4) is 0 Å². The highest BCUT2D eigenvalue weighted by atomic mass is 16.6. The normalized spacial score (nSPS) is 9.67.